The Bertz CT molecular complexity index is 510. The Morgan fingerprint density at radius 1 is 1.39 bits per heavy atom. The lowest BCUT2D eigenvalue weighted by molar-refractivity contribution is -0.151. The van der Waals surface area contributed by atoms with Gasteiger partial charge in [-0.2, -0.15) is 0 Å². The molecular formula is C12H14N4O2. The molecule has 0 aliphatic carbocycles. The third-order valence-electron chi connectivity index (χ3n) is 2.48. The van der Waals surface area contributed by atoms with Gasteiger partial charge < -0.3 is 9.40 Å². The number of benzene rings is 1. The lowest BCUT2D eigenvalue weighted by Gasteiger charge is -2.07. The number of rotatable bonds is 5. The Hall–Kier alpha value is -2.18. The molecule has 6 heteroatoms. The van der Waals surface area contributed by atoms with E-state index in [4.69, 9.17) is 5.84 Å². The largest absolute Gasteiger partial charge is 0.356 e. The second-order valence-corrected chi connectivity index (χ2v) is 3.65. The molecule has 94 valence electrons. The summed E-state index contributed by atoms with van der Waals surface area (Å²) in [6.07, 6.45) is 3.75. The van der Waals surface area contributed by atoms with Gasteiger partial charge in [-0.05, 0) is 0 Å². The number of carbonyl (C=O) groups excluding carboxylic acids is 1. The first-order valence-electron chi connectivity index (χ1n) is 5.53. The third kappa shape index (κ3) is 2.93. The number of hydrogen-bond acceptors (Lipinski definition) is 5. The van der Waals surface area contributed by atoms with Crippen LogP contribution in [0.5, 0.6) is 0 Å². The van der Waals surface area contributed by atoms with E-state index in [1.54, 1.807) is 6.20 Å². The number of aromatic nitrogens is 2. The summed E-state index contributed by atoms with van der Waals surface area (Å²) in [6, 6.07) is 9.78. The smallest absolute Gasteiger partial charge is 0.328 e. The van der Waals surface area contributed by atoms with Gasteiger partial charge >= 0.3 is 5.97 Å². The van der Waals surface area contributed by atoms with Crippen molar-refractivity contribution in [2.24, 2.45) is 5.84 Å². The first-order valence-corrected chi connectivity index (χ1v) is 5.53. The van der Waals surface area contributed by atoms with Gasteiger partial charge in [0.1, 0.15) is 5.82 Å². The van der Waals surface area contributed by atoms with Crippen molar-refractivity contribution in [2.75, 3.05) is 0 Å². The van der Waals surface area contributed by atoms with E-state index in [1.807, 2.05) is 46.7 Å². The van der Waals surface area contributed by atoms with E-state index < -0.39 is 5.97 Å². The molecule has 0 atom stereocenters. The van der Waals surface area contributed by atoms with Crippen LogP contribution in [-0.2, 0) is 16.2 Å². The number of imidazole rings is 1. The number of aryl methyl sites for hydroxylation is 1. The Morgan fingerprint density at radius 3 is 2.89 bits per heavy atom. The molecule has 2 aromatic rings. The van der Waals surface area contributed by atoms with Crippen LogP contribution in [0.3, 0.4) is 0 Å². The summed E-state index contributed by atoms with van der Waals surface area (Å²) in [7, 11) is 0. The van der Waals surface area contributed by atoms with E-state index in [9.17, 15) is 4.79 Å². The first kappa shape index (κ1) is 12.3. The van der Waals surface area contributed by atoms with E-state index in [2.05, 4.69) is 9.82 Å². The summed E-state index contributed by atoms with van der Waals surface area (Å²) >= 11 is 0. The molecule has 0 aliphatic heterocycles. The van der Waals surface area contributed by atoms with E-state index in [0.29, 0.717) is 6.54 Å². The molecule has 0 saturated heterocycles. The predicted octanol–water partition coefficient (Wildman–Crippen LogP) is 0.862. The Balaban J connectivity index is 2.07. The van der Waals surface area contributed by atoms with Crippen LogP contribution in [0, 0.1) is 0 Å². The quantitative estimate of drug-likeness (QED) is 0.604. The van der Waals surface area contributed by atoms with Gasteiger partial charge in [-0.15, -0.1) is 0 Å². The van der Waals surface area contributed by atoms with Crippen LogP contribution in [-0.4, -0.2) is 15.5 Å². The first-order chi connectivity index (χ1) is 8.81. The Morgan fingerprint density at radius 2 is 2.17 bits per heavy atom. The second kappa shape index (κ2) is 5.95. The maximum atomic E-state index is 11.2. The second-order valence-electron chi connectivity index (χ2n) is 3.65. The standard InChI is InChI=1S/C12H14N4O2/c13-15-18-11(17)6-8-16-9-7-14-12(16)10-4-2-1-3-5-10/h1-5,7,9,15H,6,8,13H2. The monoisotopic (exact) mass is 246 g/mol. The molecule has 0 radical (unpaired) electrons. The van der Waals surface area contributed by atoms with E-state index in [-0.39, 0.29) is 6.42 Å². The maximum absolute atomic E-state index is 11.2. The SMILES string of the molecule is NNOC(=O)CCn1ccnc1-c1ccccc1. The summed E-state index contributed by atoms with van der Waals surface area (Å²) in [4.78, 5) is 19.9. The number of hydrazine groups is 1. The van der Waals surface area contributed by atoms with Crippen LogP contribution in [0.15, 0.2) is 42.7 Å². The van der Waals surface area contributed by atoms with Crippen LogP contribution in [0.4, 0.5) is 0 Å². The average molecular weight is 246 g/mol. The fourth-order valence-corrected chi connectivity index (χ4v) is 1.67. The summed E-state index contributed by atoms with van der Waals surface area (Å²) < 4.78 is 1.90. The minimum Gasteiger partial charge on any atom is -0.356 e. The minimum absolute atomic E-state index is 0.223. The van der Waals surface area contributed by atoms with Crippen molar-refractivity contribution >= 4 is 5.97 Å². The highest BCUT2D eigenvalue weighted by Crippen LogP contribution is 2.16. The topological polar surface area (TPSA) is 82.2 Å². The van der Waals surface area contributed by atoms with Gasteiger partial charge in [0, 0.05) is 24.5 Å². The zero-order valence-corrected chi connectivity index (χ0v) is 9.74. The lowest BCUT2D eigenvalue weighted by atomic mass is 10.2. The molecule has 0 spiro atoms. The van der Waals surface area contributed by atoms with Crippen LogP contribution >= 0.6 is 0 Å². The molecule has 1 heterocycles. The number of hydrogen-bond donors (Lipinski definition) is 2. The molecule has 0 fully saturated rings. The van der Waals surface area contributed by atoms with Crippen LogP contribution in [0.2, 0.25) is 0 Å². The predicted molar refractivity (Wildman–Crippen MR) is 65.7 cm³/mol. The zero-order chi connectivity index (χ0) is 12.8. The highest BCUT2D eigenvalue weighted by molar-refractivity contribution is 5.69. The van der Waals surface area contributed by atoms with Crippen molar-refractivity contribution in [1.82, 2.24) is 15.1 Å². The molecule has 0 unspecified atom stereocenters. The van der Waals surface area contributed by atoms with Gasteiger partial charge in [-0.1, -0.05) is 35.9 Å². The lowest BCUT2D eigenvalue weighted by Crippen LogP contribution is -2.26. The van der Waals surface area contributed by atoms with Gasteiger partial charge in [0.15, 0.2) is 0 Å². The normalized spacial score (nSPS) is 10.3. The van der Waals surface area contributed by atoms with Crippen LogP contribution < -0.4 is 11.4 Å². The summed E-state index contributed by atoms with van der Waals surface area (Å²) in [6.45, 7) is 0.491. The summed E-state index contributed by atoms with van der Waals surface area (Å²) in [5.74, 6) is 5.30. The molecule has 18 heavy (non-hydrogen) atoms. The Kier molecular flexibility index (Phi) is 4.06. The summed E-state index contributed by atoms with van der Waals surface area (Å²) in [5.41, 5.74) is 2.88. The van der Waals surface area contributed by atoms with Gasteiger partial charge in [-0.25, -0.2) is 10.8 Å². The molecule has 0 saturated carbocycles. The fourth-order valence-electron chi connectivity index (χ4n) is 1.67. The number of carbonyl (C=O) groups is 1. The van der Waals surface area contributed by atoms with Crippen molar-refractivity contribution < 1.29 is 9.63 Å². The van der Waals surface area contributed by atoms with E-state index in [0.717, 1.165) is 11.4 Å². The molecule has 0 bridgehead atoms. The molecule has 1 aromatic carbocycles. The highest BCUT2D eigenvalue weighted by Gasteiger charge is 2.08. The van der Waals surface area contributed by atoms with E-state index in [1.165, 1.54) is 0 Å². The summed E-state index contributed by atoms with van der Waals surface area (Å²) in [5, 5.41) is 0. The van der Waals surface area contributed by atoms with Gasteiger partial charge in [0.05, 0.1) is 6.42 Å². The molecule has 0 aliphatic rings. The van der Waals surface area contributed by atoms with Gasteiger partial charge in [-0.3, -0.25) is 4.79 Å². The van der Waals surface area contributed by atoms with Crippen molar-refractivity contribution in [3.63, 3.8) is 0 Å². The van der Waals surface area contributed by atoms with Crippen LogP contribution in [0.1, 0.15) is 6.42 Å². The van der Waals surface area contributed by atoms with Gasteiger partial charge in [0.2, 0.25) is 0 Å². The number of nitrogens with zero attached hydrogens (tertiary/aromatic N) is 2. The molecule has 0 amide bonds. The molecule has 2 rings (SSSR count). The zero-order valence-electron chi connectivity index (χ0n) is 9.74. The van der Waals surface area contributed by atoms with Gasteiger partial charge in [0.25, 0.3) is 0 Å². The molecular weight excluding hydrogens is 232 g/mol. The third-order valence-corrected chi connectivity index (χ3v) is 2.48. The van der Waals surface area contributed by atoms with Crippen molar-refractivity contribution in [2.45, 2.75) is 13.0 Å². The van der Waals surface area contributed by atoms with Crippen LogP contribution in [0.25, 0.3) is 11.4 Å². The van der Waals surface area contributed by atoms with Crippen molar-refractivity contribution in [3.05, 3.63) is 42.7 Å². The van der Waals surface area contributed by atoms with Crippen molar-refractivity contribution in [3.8, 4) is 11.4 Å². The number of nitrogens with two attached hydrogens (primary N) is 1. The van der Waals surface area contributed by atoms with E-state index >= 15 is 0 Å². The number of nitrogens with one attached hydrogen (secondary N) is 1. The minimum atomic E-state index is -0.412. The maximum Gasteiger partial charge on any atom is 0.328 e. The average Bonchev–Trinajstić information content (AvgIpc) is 2.86. The highest BCUT2D eigenvalue weighted by atomic mass is 16.7. The fraction of sp³-hybridized carbons (Fsp3) is 0.167. The molecule has 6 nitrogen and oxygen atoms in total. The van der Waals surface area contributed by atoms with Crippen molar-refractivity contribution in [1.29, 1.82) is 0 Å². The Labute approximate surface area is 104 Å². The molecule has 3 N–H and O–H groups in total. The molecule has 1 aromatic heterocycles.